The summed E-state index contributed by atoms with van der Waals surface area (Å²) in [5.74, 6) is 0.737. The average Bonchev–Trinajstić information content (AvgIpc) is 3.04. The first-order chi connectivity index (χ1) is 8.02. The van der Waals surface area contributed by atoms with E-state index in [1.54, 1.807) is 0 Å². The zero-order valence-electron chi connectivity index (χ0n) is 11.9. The van der Waals surface area contributed by atoms with Crippen LogP contribution in [0.25, 0.3) is 0 Å². The van der Waals surface area contributed by atoms with Gasteiger partial charge in [-0.25, -0.2) is 0 Å². The Morgan fingerprint density at radius 1 is 1.24 bits per heavy atom. The quantitative estimate of drug-likeness (QED) is 0.648. The lowest BCUT2D eigenvalue weighted by molar-refractivity contribution is 0.186. The van der Waals surface area contributed by atoms with E-state index in [4.69, 9.17) is 0 Å². The Balaban J connectivity index is 2.28. The molecule has 2 N–H and O–H groups in total. The van der Waals surface area contributed by atoms with Gasteiger partial charge in [0, 0.05) is 31.2 Å². The first-order valence-corrected chi connectivity index (χ1v) is 7.13. The van der Waals surface area contributed by atoms with E-state index in [2.05, 4.69) is 37.9 Å². The fourth-order valence-electron chi connectivity index (χ4n) is 2.35. The molecule has 1 saturated carbocycles. The minimum Gasteiger partial charge on any atom is -0.395 e. The molecule has 1 aliphatic rings. The van der Waals surface area contributed by atoms with Gasteiger partial charge in [0.25, 0.3) is 0 Å². The molecular weight excluding hydrogens is 212 g/mol. The molecule has 3 heteroatoms. The van der Waals surface area contributed by atoms with Crippen molar-refractivity contribution in [2.75, 3.05) is 19.7 Å². The number of hydrogen-bond donors (Lipinski definition) is 2. The highest BCUT2D eigenvalue weighted by atomic mass is 16.3. The SMILES string of the molecule is CC(C)CN(CCC(CO)NC(C)C)C1CC1. The highest BCUT2D eigenvalue weighted by Gasteiger charge is 2.29. The standard InChI is InChI=1S/C14H30N2O/c1-11(2)9-16(14-5-6-14)8-7-13(10-17)15-12(3)4/h11-15,17H,5-10H2,1-4H3. The summed E-state index contributed by atoms with van der Waals surface area (Å²) in [5.41, 5.74) is 0. The van der Waals surface area contributed by atoms with Crippen molar-refractivity contribution in [1.82, 2.24) is 10.2 Å². The third-order valence-electron chi connectivity index (χ3n) is 3.22. The summed E-state index contributed by atoms with van der Waals surface area (Å²) in [6.45, 7) is 11.4. The molecule has 1 aliphatic carbocycles. The van der Waals surface area contributed by atoms with Crippen molar-refractivity contribution in [3.63, 3.8) is 0 Å². The summed E-state index contributed by atoms with van der Waals surface area (Å²) in [5, 5.41) is 12.8. The fraction of sp³-hybridized carbons (Fsp3) is 1.00. The smallest absolute Gasteiger partial charge is 0.0585 e. The molecular formula is C14H30N2O. The Bertz CT molecular complexity index is 202. The van der Waals surface area contributed by atoms with Gasteiger partial charge in [0.1, 0.15) is 0 Å². The molecule has 0 aromatic carbocycles. The summed E-state index contributed by atoms with van der Waals surface area (Å²) >= 11 is 0. The predicted molar refractivity (Wildman–Crippen MR) is 73.2 cm³/mol. The topological polar surface area (TPSA) is 35.5 Å². The monoisotopic (exact) mass is 242 g/mol. The minimum atomic E-state index is 0.248. The average molecular weight is 242 g/mol. The Hall–Kier alpha value is -0.120. The van der Waals surface area contributed by atoms with E-state index in [-0.39, 0.29) is 12.6 Å². The molecule has 0 bridgehead atoms. The molecule has 0 aromatic rings. The van der Waals surface area contributed by atoms with Crippen molar-refractivity contribution in [3.8, 4) is 0 Å². The summed E-state index contributed by atoms with van der Waals surface area (Å²) < 4.78 is 0. The Morgan fingerprint density at radius 3 is 2.29 bits per heavy atom. The maximum atomic E-state index is 9.34. The molecule has 0 radical (unpaired) electrons. The molecule has 102 valence electrons. The van der Waals surface area contributed by atoms with Crippen molar-refractivity contribution in [3.05, 3.63) is 0 Å². The molecule has 0 heterocycles. The van der Waals surface area contributed by atoms with E-state index >= 15 is 0 Å². The zero-order valence-corrected chi connectivity index (χ0v) is 11.9. The van der Waals surface area contributed by atoms with Crippen LogP contribution in [0.5, 0.6) is 0 Å². The van der Waals surface area contributed by atoms with Crippen LogP contribution in [0.3, 0.4) is 0 Å². The van der Waals surface area contributed by atoms with E-state index in [1.165, 1.54) is 19.4 Å². The Labute approximate surface area is 107 Å². The van der Waals surface area contributed by atoms with Crippen molar-refractivity contribution in [1.29, 1.82) is 0 Å². The van der Waals surface area contributed by atoms with Gasteiger partial charge >= 0.3 is 0 Å². The van der Waals surface area contributed by atoms with Gasteiger partial charge in [0.05, 0.1) is 6.61 Å². The molecule has 3 nitrogen and oxygen atoms in total. The van der Waals surface area contributed by atoms with Crippen molar-refractivity contribution in [2.24, 2.45) is 5.92 Å². The third-order valence-corrected chi connectivity index (χ3v) is 3.22. The van der Waals surface area contributed by atoms with Crippen LogP contribution in [0.2, 0.25) is 0 Å². The van der Waals surface area contributed by atoms with Crippen molar-refractivity contribution >= 4 is 0 Å². The lowest BCUT2D eigenvalue weighted by Gasteiger charge is -2.27. The minimum absolute atomic E-state index is 0.248. The number of aliphatic hydroxyl groups is 1. The largest absolute Gasteiger partial charge is 0.395 e. The molecule has 0 aliphatic heterocycles. The molecule has 1 rings (SSSR count). The van der Waals surface area contributed by atoms with E-state index < -0.39 is 0 Å². The summed E-state index contributed by atoms with van der Waals surface area (Å²) in [6, 6.07) is 1.53. The molecule has 0 spiro atoms. The van der Waals surface area contributed by atoms with Crippen LogP contribution in [0, 0.1) is 5.92 Å². The number of rotatable bonds is 9. The van der Waals surface area contributed by atoms with Gasteiger partial charge in [-0.2, -0.15) is 0 Å². The second kappa shape index (κ2) is 7.34. The molecule has 0 saturated heterocycles. The molecule has 17 heavy (non-hydrogen) atoms. The van der Waals surface area contributed by atoms with Crippen LogP contribution in [0.15, 0.2) is 0 Å². The normalized spacial score (nSPS) is 18.4. The van der Waals surface area contributed by atoms with Gasteiger partial charge in [0.2, 0.25) is 0 Å². The zero-order chi connectivity index (χ0) is 12.8. The third kappa shape index (κ3) is 6.39. The number of aliphatic hydroxyl groups excluding tert-OH is 1. The van der Waals surface area contributed by atoms with E-state index in [1.807, 2.05) is 0 Å². The second-order valence-corrected chi connectivity index (χ2v) is 6.11. The molecule has 1 unspecified atom stereocenters. The second-order valence-electron chi connectivity index (χ2n) is 6.11. The van der Waals surface area contributed by atoms with Gasteiger partial charge in [-0.1, -0.05) is 27.7 Å². The molecule has 1 atom stereocenters. The summed E-state index contributed by atoms with van der Waals surface area (Å²) in [4.78, 5) is 2.61. The van der Waals surface area contributed by atoms with Gasteiger partial charge in [0.15, 0.2) is 0 Å². The highest BCUT2D eigenvalue weighted by Crippen LogP contribution is 2.27. The van der Waals surface area contributed by atoms with Crippen LogP contribution in [-0.2, 0) is 0 Å². The maximum Gasteiger partial charge on any atom is 0.0585 e. The van der Waals surface area contributed by atoms with E-state index in [0.29, 0.717) is 6.04 Å². The van der Waals surface area contributed by atoms with Gasteiger partial charge in [-0.05, 0) is 25.2 Å². The first-order valence-electron chi connectivity index (χ1n) is 7.13. The number of nitrogens with zero attached hydrogens (tertiary/aromatic N) is 1. The molecule has 1 fully saturated rings. The van der Waals surface area contributed by atoms with Crippen LogP contribution in [-0.4, -0.2) is 47.8 Å². The lowest BCUT2D eigenvalue weighted by atomic mass is 10.1. The number of nitrogens with one attached hydrogen (secondary N) is 1. The maximum absolute atomic E-state index is 9.34. The lowest BCUT2D eigenvalue weighted by Crippen LogP contribution is -2.41. The summed E-state index contributed by atoms with van der Waals surface area (Å²) in [7, 11) is 0. The van der Waals surface area contributed by atoms with E-state index in [9.17, 15) is 5.11 Å². The predicted octanol–water partition coefficient (Wildman–Crippen LogP) is 1.86. The molecule has 0 aromatic heterocycles. The van der Waals surface area contributed by atoms with Crippen LogP contribution in [0.4, 0.5) is 0 Å². The number of hydrogen-bond acceptors (Lipinski definition) is 3. The van der Waals surface area contributed by atoms with Gasteiger partial charge in [-0.15, -0.1) is 0 Å². The summed E-state index contributed by atoms with van der Waals surface area (Å²) in [6.07, 6.45) is 3.79. The van der Waals surface area contributed by atoms with Crippen molar-refractivity contribution in [2.45, 2.75) is 65.1 Å². The van der Waals surface area contributed by atoms with E-state index in [0.717, 1.165) is 24.9 Å². The van der Waals surface area contributed by atoms with Gasteiger partial charge < -0.3 is 15.3 Å². The van der Waals surface area contributed by atoms with Crippen molar-refractivity contribution < 1.29 is 5.11 Å². The van der Waals surface area contributed by atoms with Crippen LogP contribution >= 0.6 is 0 Å². The fourth-order valence-corrected chi connectivity index (χ4v) is 2.35. The van der Waals surface area contributed by atoms with Gasteiger partial charge in [-0.3, -0.25) is 0 Å². The van der Waals surface area contributed by atoms with Crippen LogP contribution < -0.4 is 5.32 Å². The van der Waals surface area contributed by atoms with Crippen LogP contribution in [0.1, 0.15) is 47.0 Å². The Kier molecular flexibility index (Phi) is 6.45. The highest BCUT2D eigenvalue weighted by molar-refractivity contribution is 4.85. The first kappa shape index (κ1) is 14.9. The Morgan fingerprint density at radius 2 is 1.88 bits per heavy atom. The molecule has 0 amide bonds.